The van der Waals surface area contributed by atoms with Crippen molar-refractivity contribution in [2.45, 2.75) is 70.9 Å². The molecule has 1 unspecified atom stereocenters. The lowest BCUT2D eigenvalue weighted by molar-refractivity contribution is -0.134. The van der Waals surface area contributed by atoms with E-state index in [1.54, 1.807) is 32.8 Å². The molecule has 0 aromatic heterocycles. The number of rotatable bonds is 9. The number of benzene rings is 1. The highest BCUT2D eigenvalue weighted by atomic mass is 16.5. The Kier molecular flexibility index (Phi) is 8.45. The van der Waals surface area contributed by atoms with E-state index in [2.05, 4.69) is 5.32 Å². The lowest BCUT2D eigenvalue weighted by atomic mass is 9.91. The third-order valence-electron chi connectivity index (χ3n) is 5.69. The Bertz CT molecular complexity index is 734. The van der Waals surface area contributed by atoms with E-state index < -0.39 is 29.8 Å². The molecular weight excluding hydrogens is 398 g/mol. The van der Waals surface area contributed by atoms with Crippen LogP contribution in [-0.4, -0.2) is 82.2 Å². The van der Waals surface area contributed by atoms with Gasteiger partial charge in [0.2, 0.25) is 5.91 Å². The molecule has 0 saturated carbocycles. The molecule has 4 atom stereocenters. The highest BCUT2D eigenvalue weighted by molar-refractivity contribution is 5.85. The highest BCUT2D eigenvalue weighted by Gasteiger charge is 2.48. The summed E-state index contributed by atoms with van der Waals surface area (Å²) >= 11 is 0. The summed E-state index contributed by atoms with van der Waals surface area (Å²) in [5, 5.41) is 24.7. The van der Waals surface area contributed by atoms with Gasteiger partial charge in [0.05, 0.1) is 24.9 Å². The van der Waals surface area contributed by atoms with Gasteiger partial charge in [0, 0.05) is 19.2 Å². The number of ether oxygens (including phenoxy) is 1. The Balaban J connectivity index is 2.40. The average Bonchev–Trinajstić information content (AvgIpc) is 3.01. The lowest BCUT2D eigenvalue weighted by Gasteiger charge is -2.42. The number of aliphatic hydroxyl groups excluding tert-OH is 1. The van der Waals surface area contributed by atoms with Crippen LogP contribution < -0.4 is 5.32 Å². The zero-order chi connectivity index (χ0) is 23.3. The SMILES string of the molecule is COCCN1C(=O)[C@H]([C@@H](O)[C@H](Cc2ccccc2)N(C(=O)O)C(C)(C)C)NC1C(C)C. The third-order valence-corrected chi connectivity index (χ3v) is 5.69. The molecule has 0 bridgehead atoms. The maximum Gasteiger partial charge on any atom is 0.408 e. The highest BCUT2D eigenvalue weighted by Crippen LogP contribution is 2.27. The quantitative estimate of drug-likeness (QED) is 0.549. The zero-order valence-electron chi connectivity index (χ0n) is 19.4. The smallest absolute Gasteiger partial charge is 0.408 e. The normalized spacial score (nSPS) is 21.4. The summed E-state index contributed by atoms with van der Waals surface area (Å²) in [4.78, 5) is 28.4. The predicted octanol–water partition coefficient (Wildman–Crippen LogP) is 2.17. The van der Waals surface area contributed by atoms with Crippen molar-refractivity contribution in [1.29, 1.82) is 0 Å². The van der Waals surface area contributed by atoms with Crippen molar-refractivity contribution in [1.82, 2.24) is 15.1 Å². The number of nitrogens with zero attached hydrogens (tertiary/aromatic N) is 2. The van der Waals surface area contributed by atoms with Crippen LogP contribution in [0.3, 0.4) is 0 Å². The summed E-state index contributed by atoms with van der Waals surface area (Å²) in [6, 6.07) is 7.72. The molecule has 1 aliphatic rings. The fraction of sp³-hybridized carbons (Fsp3) is 0.652. The van der Waals surface area contributed by atoms with E-state index in [1.807, 2.05) is 44.2 Å². The summed E-state index contributed by atoms with van der Waals surface area (Å²) in [6.45, 7) is 10.2. The van der Waals surface area contributed by atoms with Gasteiger partial charge >= 0.3 is 6.09 Å². The van der Waals surface area contributed by atoms with Crippen molar-refractivity contribution in [2.75, 3.05) is 20.3 Å². The van der Waals surface area contributed by atoms with Gasteiger partial charge in [-0.05, 0) is 38.7 Å². The van der Waals surface area contributed by atoms with Crippen molar-refractivity contribution >= 4 is 12.0 Å². The van der Waals surface area contributed by atoms with Gasteiger partial charge in [0.25, 0.3) is 0 Å². The number of amides is 2. The van der Waals surface area contributed by atoms with Crippen LogP contribution in [0.1, 0.15) is 40.2 Å². The average molecular weight is 436 g/mol. The summed E-state index contributed by atoms with van der Waals surface area (Å²) in [7, 11) is 1.58. The number of hydrogen-bond acceptors (Lipinski definition) is 5. The van der Waals surface area contributed by atoms with E-state index in [0.29, 0.717) is 19.6 Å². The fourth-order valence-corrected chi connectivity index (χ4v) is 4.27. The minimum absolute atomic E-state index is 0.115. The fourth-order valence-electron chi connectivity index (χ4n) is 4.27. The van der Waals surface area contributed by atoms with Crippen molar-refractivity contribution < 1.29 is 24.5 Å². The molecule has 3 N–H and O–H groups in total. The molecule has 8 heteroatoms. The molecule has 0 radical (unpaired) electrons. The molecule has 1 fully saturated rings. The number of aliphatic hydroxyl groups is 1. The van der Waals surface area contributed by atoms with Crippen LogP contribution in [0.4, 0.5) is 4.79 Å². The molecule has 0 spiro atoms. The Labute approximate surface area is 185 Å². The van der Waals surface area contributed by atoms with Crippen molar-refractivity contribution in [2.24, 2.45) is 5.92 Å². The lowest BCUT2D eigenvalue weighted by Crippen LogP contribution is -2.61. The van der Waals surface area contributed by atoms with Gasteiger partial charge in [-0.25, -0.2) is 4.79 Å². The van der Waals surface area contributed by atoms with Gasteiger partial charge in [-0.1, -0.05) is 44.2 Å². The molecule has 1 aliphatic heterocycles. The molecular formula is C23H37N3O5. The molecule has 2 rings (SSSR count). The Morgan fingerprint density at radius 1 is 1.26 bits per heavy atom. The van der Waals surface area contributed by atoms with Gasteiger partial charge in [0.1, 0.15) is 6.04 Å². The summed E-state index contributed by atoms with van der Waals surface area (Å²) in [5.41, 5.74) is 0.130. The van der Waals surface area contributed by atoms with E-state index in [0.717, 1.165) is 5.56 Å². The molecule has 0 aliphatic carbocycles. The number of carbonyl (C=O) groups excluding carboxylic acids is 1. The standard InChI is InChI=1S/C23H37N3O5/c1-15(2)20-24-18(21(28)25(20)12-13-31-6)19(27)17(14-16-10-8-7-9-11-16)26(22(29)30)23(3,4)5/h7-11,15,17-20,24,27H,12-14H2,1-6H3,(H,29,30)/t17-,18-,19-,20?/m0/s1. The largest absolute Gasteiger partial charge is 0.465 e. The van der Waals surface area contributed by atoms with Gasteiger partial charge in [0.15, 0.2) is 0 Å². The van der Waals surface area contributed by atoms with Gasteiger partial charge in [-0.2, -0.15) is 0 Å². The van der Waals surface area contributed by atoms with E-state index in [9.17, 15) is 19.8 Å². The number of nitrogens with one attached hydrogen (secondary N) is 1. The zero-order valence-corrected chi connectivity index (χ0v) is 19.4. The first-order chi connectivity index (χ1) is 14.5. The summed E-state index contributed by atoms with van der Waals surface area (Å²) in [6.07, 6.45) is -2.32. The molecule has 1 heterocycles. The minimum atomic E-state index is -1.23. The minimum Gasteiger partial charge on any atom is -0.465 e. The van der Waals surface area contributed by atoms with Crippen LogP contribution in [0, 0.1) is 5.92 Å². The summed E-state index contributed by atoms with van der Waals surface area (Å²) < 4.78 is 5.15. The molecule has 2 amide bonds. The second-order valence-electron chi connectivity index (χ2n) is 9.43. The molecule has 1 saturated heterocycles. The second kappa shape index (κ2) is 10.4. The van der Waals surface area contributed by atoms with Crippen LogP contribution in [-0.2, 0) is 16.0 Å². The Morgan fingerprint density at radius 2 is 1.87 bits per heavy atom. The van der Waals surface area contributed by atoms with Gasteiger partial charge in [-0.3, -0.25) is 15.0 Å². The van der Waals surface area contributed by atoms with Crippen LogP contribution in [0.5, 0.6) is 0 Å². The van der Waals surface area contributed by atoms with Crippen molar-refractivity contribution in [3.8, 4) is 0 Å². The monoisotopic (exact) mass is 435 g/mol. The molecule has 31 heavy (non-hydrogen) atoms. The first kappa shape index (κ1) is 25.1. The number of methoxy groups -OCH3 is 1. The number of hydrogen-bond donors (Lipinski definition) is 3. The molecule has 1 aromatic carbocycles. The van der Waals surface area contributed by atoms with E-state index in [4.69, 9.17) is 4.74 Å². The van der Waals surface area contributed by atoms with Crippen LogP contribution in [0.2, 0.25) is 0 Å². The van der Waals surface area contributed by atoms with Crippen LogP contribution in [0.15, 0.2) is 30.3 Å². The van der Waals surface area contributed by atoms with E-state index in [1.165, 1.54) is 4.90 Å². The first-order valence-corrected chi connectivity index (χ1v) is 10.8. The van der Waals surface area contributed by atoms with E-state index >= 15 is 0 Å². The van der Waals surface area contributed by atoms with Crippen LogP contribution >= 0.6 is 0 Å². The maximum absolute atomic E-state index is 13.2. The van der Waals surface area contributed by atoms with Gasteiger partial charge < -0.3 is 19.8 Å². The predicted molar refractivity (Wildman–Crippen MR) is 119 cm³/mol. The molecule has 174 valence electrons. The molecule has 1 aromatic rings. The maximum atomic E-state index is 13.2. The molecule has 8 nitrogen and oxygen atoms in total. The Morgan fingerprint density at radius 3 is 2.35 bits per heavy atom. The second-order valence-corrected chi connectivity index (χ2v) is 9.43. The topological polar surface area (TPSA) is 102 Å². The van der Waals surface area contributed by atoms with E-state index in [-0.39, 0.29) is 18.0 Å². The summed E-state index contributed by atoms with van der Waals surface area (Å²) in [5.74, 6) is -0.121. The Hall–Kier alpha value is -2.16. The number of carbonyl (C=O) groups is 2. The van der Waals surface area contributed by atoms with Crippen LogP contribution in [0.25, 0.3) is 0 Å². The number of carboxylic acid groups (broad SMARTS) is 1. The van der Waals surface area contributed by atoms with Crippen molar-refractivity contribution in [3.63, 3.8) is 0 Å². The third kappa shape index (κ3) is 5.96. The van der Waals surface area contributed by atoms with Gasteiger partial charge in [-0.15, -0.1) is 0 Å². The van der Waals surface area contributed by atoms with Crippen molar-refractivity contribution in [3.05, 3.63) is 35.9 Å². The first-order valence-electron chi connectivity index (χ1n) is 10.8.